The number of fused-ring (bicyclic) bond motifs is 2. The van der Waals surface area contributed by atoms with Crippen LogP contribution in [0.15, 0.2) is 60.7 Å². The molecule has 0 radical (unpaired) electrons. The number of amides is 1. The van der Waals surface area contributed by atoms with Crippen LogP contribution in [0.2, 0.25) is 0 Å². The van der Waals surface area contributed by atoms with Crippen LogP contribution in [0.3, 0.4) is 0 Å². The standard InChI is InChI=1S/C25H30N2O/c28-25(24(20-7-3-1-4-8-20)21-9-5-2-6-10-21)27-15-13-26(14-16-27)23-18-19-11-12-22(23)17-19/h1-10,19,22-24H,11-18H2/t19-,22-,23-/m1/s1. The van der Waals surface area contributed by atoms with Crippen molar-refractivity contribution in [3.05, 3.63) is 71.8 Å². The van der Waals surface area contributed by atoms with E-state index < -0.39 is 0 Å². The van der Waals surface area contributed by atoms with Crippen molar-refractivity contribution in [2.75, 3.05) is 26.2 Å². The van der Waals surface area contributed by atoms with Gasteiger partial charge < -0.3 is 4.90 Å². The second-order valence-electron chi connectivity index (χ2n) is 8.86. The molecule has 0 unspecified atom stereocenters. The summed E-state index contributed by atoms with van der Waals surface area (Å²) in [6.07, 6.45) is 5.73. The number of hydrogen-bond acceptors (Lipinski definition) is 2. The fraction of sp³-hybridized carbons (Fsp3) is 0.480. The lowest BCUT2D eigenvalue weighted by Crippen LogP contribution is -2.54. The van der Waals surface area contributed by atoms with E-state index in [1.165, 1.54) is 25.7 Å². The van der Waals surface area contributed by atoms with Crippen molar-refractivity contribution in [3.8, 4) is 0 Å². The number of nitrogens with zero attached hydrogens (tertiary/aromatic N) is 2. The van der Waals surface area contributed by atoms with Crippen molar-refractivity contribution in [2.45, 2.75) is 37.6 Å². The molecule has 1 saturated heterocycles. The molecule has 5 rings (SSSR count). The molecule has 1 amide bonds. The summed E-state index contributed by atoms with van der Waals surface area (Å²) in [7, 11) is 0. The predicted octanol–water partition coefficient (Wildman–Crippen LogP) is 4.15. The lowest BCUT2D eigenvalue weighted by atomic mass is 9.89. The van der Waals surface area contributed by atoms with E-state index in [-0.39, 0.29) is 11.8 Å². The molecule has 3 atom stereocenters. The van der Waals surface area contributed by atoms with Crippen LogP contribution in [0.5, 0.6) is 0 Å². The first-order valence-electron chi connectivity index (χ1n) is 10.9. The van der Waals surface area contributed by atoms with Crippen LogP contribution in [0.1, 0.15) is 42.7 Å². The van der Waals surface area contributed by atoms with Crippen LogP contribution in [-0.2, 0) is 4.79 Å². The lowest BCUT2D eigenvalue weighted by Gasteiger charge is -2.41. The zero-order valence-electron chi connectivity index (χ0n) is 16.5. The molecule has 0 aromatic heterocycles. The summed E-state index contributed by atoms with van der Waals surface area (Å²) in [6.45, 7) is 3.80. The highest BCUT2D eigenvalue weighted by Crippen LogP contribution is 2.46. The highest BCUT2D eigenvalue weighted by atomic mass is 16.2. The summed E-state index contributed by atoms with van der Waals surface area (Å²) in [6, 6.07) is 21.3. The van der Waals surface area contributed by atoms with Gasteiger partial charge in [-0.05, 0) is 42.2 Å². The molecular formula is C25H30N2O. The molecule has 0 spiro atoms. The second kappa shape index (κ2) is 7.71. The Labute approximate surface area is 168 Å². The molecule has 2 aliphatic carbocycles. The SMILES string of the molecule is O=C(C(c1ccccc1)c1ccccc1)N1CCN([C@@H]2C[C@@H]3CC[C@@H]2C3)CC1. The Bertz CT molecular complexity index is 758. The molecule has 1 heterocycles. The summed E-state index contributed by atoms with van der Waals surface area (Å²) in [5.41, 5.74) is 2.18. The lowest BCUT2D eigenvalue weighted by molar-refractivity contribution is -0.134. The number of piperazine rings is 1. The van der Waals surface area contributed by atoms with Gasteiger partial charge >= 0.3 is 0 Å². The molecule has 2 saturated carbocycles. The van der Waals surface area contributed by atoms with Gasteiger partial charge in [0, 0.05) is 32.2 Å². The maximum Gasteiger partial charge on any atom is 0.234 e. The maximum atomic E-state index is 13.6. The molecule has 0 N–H and O–H groups in total. The second-order valence-corrected chi connectivity index (χ2v) is 8.86. The largest absolute Gasteiger partial charge is 0.339 e. The van der Waals surface area contributed by atoms with Crippen molar-refractivity contribution in [1.29, 1.82) is 0 Å². The van der Waals surface area contributed by atoms with E-state index in [1.807, 2.05) is 36.4 Å². The monoisotopic (exact) mass is 374 g/mol. The first-order valence-corrected chi connectivity index (χ1v) is 10.9. The smallest absolute Gasteiger partial charge is 0.234 e. The number of carbonyl (C=O) groups excluding carboxylic acids is 1. The number of carbonyl (C=O) groups is 1. The molecule has 2 aromatic carbocycles. The van der Waals surface area contributed by atoms with Gasteiger partial charge in [0.05, 0.1) is 5.92 Å². The van der Waals surface area contributed by atoms with Gasteiger partial charge in [-0.15, -0.1) is 0 Å². The molecular weight excluding hydrogens is 344 g/mol. The third-order valence-corrected chi connectivity index (χ3v) is 7.31. The predicted molar refractivity (Wildman–Crippen MR) is 112 cm³/mol. The van der Waals surface area contributed by atoms with Gasteiger partial charge in [-0.3, -0.25) is 9.69 Å². The van der Waals surface area contributed by atoms with Gasteiger partial charge in [-0.2, -0.15) is 0 Å². The average molecular weight is 375 g/mol. The third kappa shape index (κ3) is 3.37. The van der Waals surface area contributed by atoms with Crippen LogP contribution >= 0.6 is 0 Å². The summed E-state index contributed by atoms with van der Waals surface area (Å²) in [5, 5.41) is 0. The first-order chi connectivity index (χ1) is 13.8. The molecule has 2 bridgehead atoms. The molecule has 3 nitrogen and oxygen atoms in total. The van der Waals surface area contributed by atoms with E-state index in [2.05, 4.69) is 34.1 Å². The third-order valence-electron chi connectivity index (χ3n) is 7.31. The zero-order valence-corrected chi connectivity index (χ0v) is 16.5. The molecule has 3 fully saturated rings. The topological polar surface area (TPSA) is 23.6 Å². The van der Waals surface area contributed by atoms with Crippen molar-refractivity contribution < 1.29 is 4.79 Å². The Kier molecular flexibility index (Phi) is 4.94. The minimum absolute atomic E-state index is 0.198. The summed E-state index contributed by atoms with van der Waals surface area (Å²) >= 11 is 0. The van der Waals surface area contributed by atoms with E-state index in [4.69, 9.17) is 0 Å². The van der Waals surface area contributed by atoms with Crippen LogP contribution in [0.25, 0.3) is 0 Å². The highest BCUT2D eigenvalue weighted by Gasteiger charge is 2.43. The number of rotatable bonds is 4. The molecule has 3 aliphatic rings. The van der Waals surface area contributed by atoms with E-state index in [1.54, 1.807) is 0 Å². The van der Waals surface area contributed by atoms with Crippen molar-refractivity contribution >= 4 is 5.91 Å². The molecule has 28 heavy (non-hydrogen) atoms. The summed E-state index contributed by atoms with van der Waals surface area (Å²) in [4.78, 5) is 18.4. The number of benzene rings is 2. The van der Waals surface area contributed by atoms with Gasteiger partial charge in [0.15, 0.2) is 0 Å². The van der Waals surface area contributed by atoms with Crippen molar-refractivity contribution in [3.63, 3.8) is 0 Å². The van der Waals surface area contributed by atoms with Crippen LogP contribution in [0.4, 0.5) is 0 Å². The Morgan fingerprint density at radius 1 is 0.786 bits per heavy atom. The Balaban J connectivity index is 1.30. The minimum Gasteiger partial charge on any atom is -0.339 e. The Hall–Kier alpha value is -2.13. The fourth-order valence-corrected chi connectivity index (χ4v) is 5.88. The van der Waals surface area contributed by atoms with Gasteiger partial charge in [-0.1, -0.05) is 67.1 Å². The van der Waals surface area contributed by atoms with Crippen molar-refractivity contribution in [2.24, 2.45) is 11.8 Å². The summed E-state index contributed by atoms with van der Waals surface area (Å²) in [5.74, 6) is 1.96. The highest BCUT2D eigenvalue weighted by molar-refractivity contribution is 5.87. The van der Waals surface area contributed by atoms with Gasteiger partial charge in [0.25, 0.3) is 0 Å². The maximum absolute atomic E-state index is 13.6. The Morgan fingerprint density at radius 3 is 1.89 bits per heavy atom. The van der Waals surface area contributed by atoms with Crippen LogP contribution < -0.4 is 0 Å². The van der Waals surface area contributed by atoms with E-state index >= 15 is 0 Å². The van der Waals surface area contributed by atoms with E-state index in [9.17, 15) is 4.79 Å². The first kappa shape index (κ1) is 17.9. The summed E-state index contributed by atoms with van der Waals surface area (Å²) < 4.78 is 0. The minimum atomic E-state index is -0.198. The van der Waals surface area contributed by atoms with Crippen molar-refractivity contribution in [1.82, 2.24) is 9.80 Å². The van der Waals surface area contributed by atoms with Gasteiger partial charge in [0.1, 0.15) is 0 Å². The average Bonchev–Trinajstić information content (AvgIpc) is 3.39. The molecule has 2 aromatic rings. The Morgan fingerprint density at radius 2 is 1.39 bits per heavy atom. The number of hydrogen-bond donors (Lipinski definition) is 0. The molecule has 146 valence electrons. The van der Waals surface area contributed by atoms with E-state index in [0.29, 0.717) is 0 Å². The van der Waals surface area contributed by atoms with Crippen LogP contribution in [0, 0.1) is 11.8 Å². The van der Waals surface area contributed by atoms with Gasteiger partial charge in [0.2, 0.25) is 5.91 Å². The zero-order chi connectivity index (χ0) is 18.9. The molecule has 3 heteroatoms. The van der Waals surface area contributed by atoms with Gasteiger partial charge in [-0.25, -0.2) is 0 Å². The van der Waals surface area contributed by atoms with E-state index in [0.717, 1.165) is 55.2 Å². The van der Waals surface area contributed by atoms with Crippen LogP contribution in [-0.4, -0.2) is 47.9 Å². The quantitative estimate of drug-likeness (QED) is 0.803. The normalized spacial score (nSPS) is 27.5. The fourth-order valence-electron chi connectivity index (χ4n) is 5.88. The molecule has 1 aliphatic heterocycles.